The Morgan fingerprint density at radius 2 is 2.12 bits per heavy atom. The number of halogens is 1. The average Bonchev–Trinajstić information content (AvgIpc) is 2.94. The van der Waals surface area contributed by atoms with Crippen LogP contribution < -0.4 is 9.80 Å². The van der Waals surface area contributed by atoms with Gasteiger partial charge in [-0.15, -0.1) is 0 Å². The van der Waals surface area contributed by atoms with Gasteiger partial charge in [0.15, 0.2) is 0 Å². The highest BCUT2D eigenvalue weighted by Gasteiger charge is 2.33. The minimum atomic E-state index is -1.11. The molecule has 0 bridgehead atoms. The third-order valence-electron chi connectivity index (χ3n) is 4.92. The molecule has 9 heteroatoms. The largest absolute Gasteiger partial charge is 0.444 e. The first-order valence-electron chi connectivity index (χ1n) is 8.43. The number of amides is 1. The molecule has 3 rings (SSSR count). The molecule has 1 atom stereocenters. The van der Waals surface area contributed by atoms with Gasteiger partial charge in [0.05, 0.1) is 32.5 Å². The van der Waals surface area contributed by atoms with E-state index in [0.717, 1.165) is 25.2 Å². The zero-order valence-corrected chi connectivity index (χ0v) is 15.5. The number of hydrogen-bond acceptors (Lipinski definition) is 4. The van der Waals surface area contributed by atoms with E-state index in [1.54, 1.807) is 12.1 Å². The number of hydrogen-bond donors (Lipinski definition) is 0. The third kappa shape index (κ3) is 3.88. The van der Waals surface area contributed by atoms with E-state index in [9.17, 15) is 9.18 Å². The normalized spacial score (nSPS) is 22.5. The molecule has 134 valence electrons. The maximum atomic E-state index is 14.6. The maximum Gasteiger partial charge on any atom is 0.414 e. The van der Waals surface area contributed by atoms with Crippen molar-refractivity contribution in [1.82, 2.24) is 0 Å². The zero-order chi connectivity index (χ0) is 18.0. The monoisotopic (exact) mass is 363 g/mol. The number of ether oxygens (including phenoxy) is 1. The number of nitrogens with zero attached hydrogens (tertiary/aromatic N) is 5. The molecule has 1 aromatic carbocycles. The summed E-state index contributed by atoms with van der Waals surface area (Å²) in [7, 11) is -1.11. The molecule has 1 unspecified atom stereocenters. The molecule has 0 saturated carbocycles. The molecule has 0 spiro atoms. The first kappa shape index (κ1) is 17.6. The molecular formula is C16H22FN5O2Si. The summed E-state index contributed by atoms with van der Waals surface area (Å²) in [6.07, 6.45) is -1.04. The summed E-state index contributed by atoms with van der Waals surface area (Å²) >= 11 is 0. The molecular weight excluding hydrogens is 341 g/mol. The number of azide groups is 1. The predicted molar refractivity (Wildman–Crippen MR) is 97.3 cm³/mol. The second-order valence-electron chi connectivity index (χ2n) is 7.32. The number of carbonyl (C=O) groups excluding carboxylic acids is 1. The second-order valence-corrected chi connectivity index (χ2v) is 12.6. The van der Waals surface area contributed by atoms with Gasteiger partial charge in [-0.2, -0.15) is 0 Å². The standard InChI is InChI=1S/C16H22FN5O2Si/c1-25(2)7-5-21(6-8-25)15-4-3-12(9-14(15)17)22-11-13(10-19-20-18)24-16(22)23/h3-4,9,13H,5-8,10-11H2,1-2H3. The molecule has 0 radical (unpaired) electrons. The van der Waals surface area contributed by atoms with Crippen molar-refractivity contribution in [3.8, 4) is 0 Å². The summed E-state index contributed by atoms with van der Waals surface area (Å²) in [5.41, 5.74) is 9.40. The van der Waals surface area contributed by atoms with Crippen molar-refractivity contribution in [2.24, 2.45) is 5.11 Å². The van der Waals surface area contributed by atoms with Crippen LogP contribution in [0.1, 0.15) is 0 Å². The van der Waals surface area contributed by atoms with Gasteiger partial charge < -0.3 is 9.64 Å². The fourth-order valence-corrected chi connectivity index (χ4v) is 5.23. The third-order valence-corrected chi connectivity index (χ3v) is 8.08. The Morgan fingerprint density at radius 1 is 1.40 bits per heavy atom. The highest BCUT2D eigenvalue weighted by Crippen LogP contribution is 2.31. The number of benzene rings is 1. The number of rotatable bonds is 4. The van der Waals surface area contributed by atoms with Crippen LogP contribution in [0, 0.1) is 5.82 Å². The van der Waals surface area contributed by atoms with Crippen LogP contribution in [0.15, 0.2) is 23.3 Å². The zero-order valence-electron chi connectivity index (χ0n) is 14.5. The Morgan fingerprint density at radius 3 is 2.76 bits per heavy atom. The van der Waals surface area contributed by atoms with Crippen molar-refractivity contribution in [1.29, 1.82) is 0 Å². The minimum Gasteiger partial charge on any atom is -0.444 e. The van der Waals surface area contributed by atoms with Gasteiger partial charge in [0.1, 0.15) is 11.9 Å². The summed E-state index contributed by atoms with van der Waals surface area (Å²) in [4.78, 5) is 18.1. The van der Waals surface area contributed by atoms with Gasteiger partial charge in [0.25, 0.3) is 0 Å². The number of carbonyl (C=O) groups is 1. The van der Waals surface area contributed by atoms with E-state index in [0.29, 0.717) is 11.4 Å². The molecule has 0 aliphatic carbocycles. The van der Waals surface area contributed by atoms with Gasteiger partial charge in [0, 0.05) is 18.0 Å². The fourth-order valence-electron chi connectivity index (χ4n) is 3.23. The summed E-state index contributed by atoms with van der Waals surface area (Å²) < 4.78 is 19.8. The van der Waals surface area contributed by atoms with E-state index in [-0.39, 0.29) is 18.9 Å². The van der Waals surface area contributed by atoms with Gasteiger partial charge in [0.2, 0.25) is 0 Å². The Kier molecular flexibility index (Phi) is 4.87. The van der Waals surface area contributed by atoms with E-state index < -0.39 is 20.3 Å². The van der Waals surface area contributed by atoms with Crippen LogP contribution in [0.25, 0.3) is 10.4 Å². The topological polar surface area (TPSA) is 81.5 Å². The Bertz CT molecular complexity index is 712. The molecule has 2 fully saturated rings. The van der Waals surface area contributed by atoms with E-state index in [1.807, 2.05) is 0 Å². The molecule has 1 aromatic rings. The molecule has 2 heterocycles. The lowest BCUT2D eigenvalue weighted by Gasteiger charge is -2.37. The number of cyclic esters (lactones) is 1. The van der Waals surface area contributed by atoms with Gasteiger partial charge in [-0.3, -0.25) is 4.90 Å². The Balaban J connectivity index is 1.72. The van der Waals surface area contributed by atoms with Crippen LogP contribution in [0.2, 0.25) is 25.2 Å². The summed E-state index contributed by atoms with van der Waals surface area (Å²) in [5, 5.41) is 3.42. The molecule has 25 heavy (non-hydrogen) atoms. The molecule has 1 amide bonds. The van der Waals surface area contributed by atoms with Crippen molar-refractivity contribution < 1.29 is 13.9 Å². The van der Waals surface area contributed by atoms with Crippen LogP contribution in [0.3, 0.4) is 0 Å². The highest BCUT2D eigenvalue weighted by atomic mass is 28.3. The van der Waals surface area contributed by atoms with E-state index in [2.05, 4.69) is 28.0 Å². The van der Waals surface area contributed by atoms with Gasteiger partial charge in [-0.1, -0.05) is 18.2 Å². The summed E-state index contributed by atoms with van der Waals surface area (Å²) in [5.74, 6) is -0.329. The lowest BCUT2D eigenvalue weighted by atomic mass is 10.2. The quantitative estimate of drug-likeness (QED) is 0.351. The number of anilines is 2. The average molecular weight is 363 g/mol. The molecule has 0 aromatic heterocycles. The Labute approximate surface area is 147 Å². The van der Waals surface area contributed by atoms with E-state index >= 15 is 0 Å². The van der Waals surface area contributed by atoms with Crippen molar-refractivity contribution in [2.75, 3.05) is 36.0 Å². The van der Waals surface area contributed by atoms with Crippen molar-refractivity contribution in [2.45, 2.75) is 31.3 Å². The van der Waals surface area contributed by atoms with Gasteiger partial charge >= 0.3 is 6.09 Å². The van der Waals surface area contributed by atoms with Crippen molar-refractivity contribution in [3.63, 3.8) is 0 Å². The minimum absolute atomic E-state index is 0.0761. The van der Waals surface area contributed by atoms with E-state index in [1.165, 1.54) is 11.0 Å². The molecule has 0 N–H and O–H groups in total. The smallest absolute Gasteiger partial charge is 0.414 e. The van der Waals surface area contributed by atoms with Crippen LogP contribution in [-0.2, 0) is 4.74 Å². The van der Waals surface area contributed by atoms with Crippen LogP contribution in [-0.4, -0.2) is 46.5 Å². The summed E-state index contributed by atoms with van der Waals surface area (Å²) in [6, 6.07) is 7.18. The molecule has 7 nitrogen and oxygen atoms in total. The molecule has 2 aliphatic rings. The van der Waals surface area contributed by atoms with Gasteiger partial charge in [-0.05, 0) is 35.8 Å². The highest BCUT2D eigenvalue weighted by molar-refractivity contribution is 6.77. The molecule has 2 saturated heterocycles. The van der Waals surface area contributed by atoms with Crippen LogP contribution >= 0.6 is 0 Å². The molecule has 2 aliphatic heterocycles. The summed E-state index contributed by atoms with van der Waals surface area (Å²) in [6.45, 7) is 6.84. The van der Waals surface area contributed by atoms with Crippen LogP contribution in [0.4, 0.5) is 20.6 Å². The predicted octanol–water partition coefficient (Wildman–Crippen LogP) is 3.99. The van der Waals surface area contributed by atoms with Crippen molar-refractivity contribution in [3.05, 3.63) is 34.5 Å². The fraction of sp³-hybridized carbons (Fsp3) is 0.562. The van der Waals surface area contributed by atoms with Crippen LogP contribution in [0.5, 0.6) is 0 Å². The second kappa shape index (κ2) is 6.93. The maximum absolute atomic E-state index is 14.6. The Hall–Kier alpha value is -2.25. The van der Waals surface area contributed by atoms with Crippen molar-refractivity contribution >= 4 is 25.5 Å². The lowest BCUT2D eigenvalue weighted by molar-refractivity contribution is 0.145. The first-order valence-corrected chi connectivity index (χ1v) is 11.8. The lowest BCUT2D eigenvalue weighted by Crippen LogP contribution is -2.43. The van der Waals surface area contributed by atoms with E-state index in [4.69, 9.17) is 10.3 Å². The SMILES string of the molecule is C[Si]1(C)CCN(c2ccc(N3CC(CN=[N+]=[N-])OC3=O)cc2F)CC1. The first-order chi connectivity index (χ1) is 11.9. The van der Waals surface area contributed by atoms with Gasteiger partial charge in [-0.25, -0.2) is 9.18 Å².